The minimum atomic E-state index is -0.204. The van der Waals surface area contributed by atoms with E-state index in [9.17, 15) is 4.79 Å². The maximum atomic E-state index is 11.8. The highest BCUT2D eigenvalue weighted by Gasteiger charge is 2.19. The zero-order valence-electron chi connectivity index (χ0n) is 11.2. The number of rotatable bonds is 4. The zero-order valence-corrected chi connectivity index (χ0v) is 11.2. The number of esters is 1. The zero-order chi connectivity index (χ0) is 13.1. The van der Waals surface area contributed by atoms with Crippen molar-refractivity contribution in [3.8, 4) is 5.75 Å². The first kappa shape index (κ1) is 13.1. The van der Waals surface area contributed by atoms with E-state index in [2.05, 4.69) is 5.10 Å². The summed E-state index contributed by atoms with van der Waals surface area (Å²) in [6, 6.07) is 0. The Kier molecular flexibility index (Phi) is 4.01. The molecule has 1 aromatic heterocycles. The molecule has 1 aliphatic rings. The Hall–Kier alpha value is -1.36. The number of aryl methyl sites for hydroxylation is 2. The van der Waals surface area contributed by atoms with Gasteiger partial charge in [0.1, 0.15) is 5.69 Å². The van der Waals surface area contributed by atoms with E-state index >= 15 is 0 Å². The van der Waals surface area contributed by atoms with Crippen LogP contribution in [0.5, 0.6) is 5.75 Å². The quantitative estimate of drug-likeness (QED) is 0.768. The van der Waals surface area contributed by atoms with Crippen molar-refractivity contribution in [1.29, 1.82) is 0 Å². The fourth-order valence-corrected chi connectivity index (χ4v) is 2.22. The fourth-order valence-electron chi connectivity index (χ4n) is 2.22. The summed E-state index contributed by atoms with van der Waals surface area (Å²) in [5, 5.41) is 4.22. The van der Waals surface area contributed by atoms with Gasteiger partial charge in [0.05, 0.1) is 11.8 Å². The van der Waals surface area contributed by atoms with E-state index in [0.717, 1.165) is 37.3 Å². The Morgan fingerprint density at radius 2 is 2.33 bits per heavy atom. The van der Waals surface area contributed by atoms with Gasteiger partial charge in [-0.05, 0) is 33.1 Å². The molecule has 1 aromatic rings. The van der Waals surface area contributed by atoms with E-state index in [1.807, 2.05) is 20.9 Å². The van der Waals surface area contributed by atoms with Gasteiger partial charge >= 0.3 is 5.97 Å². The van der Waals surface area contributed by atoms with Crippen LogP contribution < -0.4 is 4.74 Å². The molecule has 0 spiro atoms. The predicted molar refractivity (Wildman–Crippen MR) is 66.5 cm³/mol. The van der Waals surface area contributed by atoms with Crippen molar-refractivity contribution in [3.05, 3.63) is 11.4 Å². The van der Waals surface area contributed by atoms with Gasteiger partial charge in [0.2, 0.25) is 0 Å². The van der Waals surface area contributed by atoms with Gasteiger partial charge in [-0.1, -0.05) is 0 Å². The second kappa shape index (κ2) is 5.52. The number of hydrogen-bond donors (Lipinski definition) is 0. The minimum absolute atomic E-state index is 0.204. The van der Waals surface area contributed by atoms with Crippen molar-refractivity contribution >= 4 is 5.97 Å². The van der Waals surface area contributed by atoms with Crippen molar-refractivity contribution in [2.24, 2.45) is 7.05 Å². The second-order valence-corrected chi connectivity index (χ2v) is 4.77. The van der Waals surface area contributed by atoms with E-state index in [1.165, 1.54) is 0 Å². The lowest BCUT2D eigenvalue weighted by Gasteiger charge is -2.08. The van der Waals surface area contributed by atoms with Crippen LogP contribution in [0.15, 0.2) is 0 Å². The summed E-state index contributed by atoms with van der Waals surface area (Å²) < 4.78 is 12.6. The van der Waals surface area contributed by atoms with Gasteiger partial charge in [0.25, 0.3) is 0 Å². The van der Waals surface area contributed by atoms with E-state index in [-0.39, 0.29) is 12.1 Å². The summed E-state index contributed by atoms with van der Waals surface area (Å²) in [6.07, 6.45) is 3.53. The molecule has 1 unspecified atom stereocenters. The summed E-state index contributed by atoms with van der Waals surface area (Å²) in [5.74, 6) is 0.388. The number of aromatic nitrogens is 2. The largest absolute Gasteiger partial charge is 0.423 e. The fraction of sp³-hybridized carbons (Fsp3) is 0.692. The van der Waals surface area contributed by atoms with Gasteiger partial charge in [0, 0.05) is 20.1 Å². The van der Waals surface area contributed by atoms with Gasteiger partial charge in [-0.3, -0.25) is 9.48 Å². The number of hydrogen-bond acceptors (Lipinski definition) is 4. The van der Waals surface area contributed by atoms with Gasteiger partial charge < -0.3 is 9.47 Å². The van der Waals surface area contributed by atoms with E-state index in [0.29, 0.717) is 12.2 Å². The average Bonchev–Trinajstić information content (AvgIpc) is 2.92. The van der Waals surface area contributed by atoms with Crippen LogP contribution in [-0.4, -0.2) is 28.5 Å². The Balaban J connectivity index is 1.86. The van der Waals surface area contributed by atoms with Crippen LogP contribution in [0.3, 0.4) is 0 Å². The molecule has 0 radical (unpaired) electrons. The van der Waals surface area contributed by atoms with Crippen LogP contribution >= 0.6 is 0 Å². The Morgan fingerprint density at radius 3 is 2.89 bits per heavy atom. The van der Waals surface area contributed by atoms with E-state index in [4.69, 9.17) is 9.47 Å². The molecule has 1 aliphatic heterocycles. The monoisotopic (exact) mass is 252 g/mol. The molecular formula is C13H20N2O3. The molecule has 5 heteroatoms. The molecule has 1 saturated heterocycles. The lowest BCUT2D eigenvalue weighted by molar-refractivity contribution is -0.135. The number of nitrogens with zero attached hydrogens (tertiary/aromatic N) is 2. The van der Waals surface area contributed by atoms with Crippen molar-refractivity contribution < 1.29 is 14.3 Å². The SMILES string of the molecule is Cc1nn(C)c(C)c1OC(=O)CCC1CCCO1. The maximum absolute atomic E-state index is 11.8. The molecular weight excluding hydrogens is 232 g/mol. The average molecular weight is 252 g/mol. The van der Waals surface area contributed by atoms with Crippen LogP contribution in [0.2, 0.25) is 0 Å². The summed E-state index contributed by atoms with van der Waals surface area (Å²) in [5.41, 5.74) is 1.62. The molecule has 1 atom stereocenters. The third kappa shape index (κ3) is 2.90. The summed E-state index contributed by atoms with van der Waals surface area (Å²) in [7, 11) is 1.84. The molecule has 0 amide bonds. The number of carbonyl (C=O) groups excluding carboxylic acids is 1. The first-order chi connectivity index (χ1) is 8.58. The van der Waals surface area contributed by atoms with Crippen LogP contribution in [0.4, 0.5) is 0 Å². The van der Waals surface area contributed by atoms with Gasteiger partial charge in [0.15, 0.2) is 5.75 Å². The molecule has 0 bridgehead atoms. The summed E-state index contributed by atoms with van der Waals surface area (Å²) in [6.45, 7) is 4.55. The molecule has 0 N–H and O–H groups in total. The molecule has 1 fully saturated rings. The van der Waals surface area contributed by atoms with Crippen LogP contribution in [0.25, 0.3) is 0 Å². The van der Waals surface area contributed by atoms with Crippen LogP contribution in [0, 0.1) is 13.8 Å². The summed E-state index contributed by atoms with van der Waals surface area (Å²) >= 11 is 0. The predicted octanol–water partition coefficient (Wildman–Crippen LogP) is 1.90. The second-order valence-electron chi connectivity index (χ2n) is 4.77. The van der Waals surface area contributed by atoms with E-state index < -0.39 is 0 Å². The Bertz CT molecular complexity index is 434. The van der Waals surface area contributed by atoms with Crippen LogP contribution in [0.1, 0.15) is 37.1 Å². The van der Waals surface area contributed by atoms with Crippen molar-refractivity contribution in [1.82, 2.24) is 9.78 Å². The molecule has 18 heavy (non-hydrogen) atoms. The van der Waals surface area contributed by atoms with Crippen LogP contribution in [-0.2, 0) is 16.6 Å². The van der Waals surface area contributed by atoms with Gasteiger partial charge in [-0.25, -0.2) is 0 Å². The number of ether oxygens (including phenoxy) is 2. The minimum Gasteiger partial charge on any atom is -0.423 e. The highest BCUT2D eigenvalue weighted by molar-refractivity contribution is 5.72. The maximum Gasteiger partial charge on any atom is 0.311 e. The van der Waals surface area contributed by atoms with Crippen molar-refractivity contribution in [2.75, 3.05) is 6.61 Å². The van der Waals surface area contributed by atoms with Crippen molar-refractivity contribution in [2.45, 2.75) is 45.6 Å². The Labute approximate surface area is 107 Å². The molecule has 0 saturated carbocycles. The lowest BCUT2D eigenvalue weighted by atomic mass is 10.1. The third-order valence-corrected chi connectivity index (χ3v) is 3.35. The van der Waals surface area contributed by atoms with Crippen molar-refractivity contribution in [3.63, 3.8) is 0 Å². The molecule has 100 valence electrons. The smallest absolute Gasteiger partial charge is 0.311 e. The highest BCUT2D eigenvalue weighted by Crippen LogP contribution is 2.23. The lowest BCUT2D eigenvalue weighted by Crippen LogP contribution is -2.13. The topological polar surface area (TPSA) is 53.4 Å². The normalized spacial score (nSPS) is 19.2. The molecule has 5 nitrogen and oxygen atoms in total. The Morgan fingerprint density at radius 1 is 1.56 bits per heavy atom. The third-order valence-electron chi connectivity index (χ3n) is 3.35. The standard InChI is InChI=1S/C13H20N2O3/c1-9-13(10(2)15(3)14-9)18-12(16)7-6-11-5-4-8-17-11/h11H,4-8H2,1-3H3. The molecule has 0 aromatic carbocycles. The van der Waals surface area contributed by atoms with E-state index in [1.54, 1.807) is 4.68 Å². The molecule has 2 heterocycles. The first-order valence-corrected chi connectivity index (χ1v) is 6.40. The highest BCUT2D eigenvalue weighted by atomic mass is 16.5. The molecule has 0 aliphatic carbocycles. The van der Waals surface area contributed by atoms with Gasteiger partial charge in [-0.15, -0.1) is 0 Å². The summed E-state index contributed by atoms with van der Waals surface area (Å²) in [4.78, 5) is 11.8. The molecule has 2 rings (SSSR count). The van der Waals surface area contributed by atoms with Gasteiger partial charge in [-0.2, -0.15) is 5.10 Å². The first-order valence-electron chi connectivity index (χ1n) is 6.40. The number of carbonyl (C=O) groups is 1.